The number of carbonyl (C=O) groups excluding carboxylic acids is 1. The van der Waals surface area contributed by atoms with Crippen molar-refractivity contribution in [1.82, 2.24) is 0 Å². The predicted octanol–water partition coefficient (Wildman–Crippen LogP) is -0.341. The van der Waals surface area contributed by atoms with Crippen LogP contribution in [0.5, 0.6) is 0 Å². The summed E-state index contributed by atoms with van der Waals surface area (Å²) in [5, 5.41) is 16.7. The van der Waals surface area contributed by atoms with Crippen molar-refractivity contribution in [3.63, 3.8) is 0 Å². The molecule has 1 unspecified atom stereocenters. The standard InChI is InChI=1S/C6H10O4/c1-4(8)5(2-3-7)6(9)10/h5,7H,2-3H2,1H3,(H,9,10). The van der Waals surface area contributed by atoms with Crippen LogP contribution in [0.15, 0.2) is 0 Å². The molecule has 0 rings (SSSR count). The van der Waals surface area contributed by atoms with Crippen LogP contribution in [0.4, 0.5) is 0 Å². The molecule has 0 radical (unpaired) electrons. The number of Topliss-reactive ketones (excluding diaryl/α,β-unsaturated/α-hetero) is 1. The molecule has 1 atom stereocenters. The Labute approximate surface area is 58.5 Å². The molecule has 0 bridgehead atoms. The van der Waals surface area contributed by atoms with Gasteiger partial charge in [-0.05, 0) is 13.3 Å². The molecule has 10 heavy (non-hydrogen) atoms. The highest BCUT2D eigenvalue weighted by atomic mass is 16.4. The van der Waals surface area contributed by atoms with Crippen LogP contribution in [0, 0.1) is 5.92 Å². The minimum atomic E-state index is -1.17. The Morgan fingerprint density at radius 1 is 1.50 bits per heavy atom. The molecule has 0 amide bonds. The normalized spacial score (nSPS) is 12.6. The van der Waals surface area contributed by atoms with E-state index in [1.54, 1.807) is 0 Å². The maximum Gasteiger partial charge on any atom is 0.314 e. The lowest BCUT2D eigenvalue weighted by molar-refractivity contribution is -0.146. The zero-order chi connectivity index (χ0) is 8.15. The molecule has 2 N–H and O–H groups in total. The third-order valence-electron chi connectivity index (χ3n) is 1.21. The average Bonchev–Trinajstić information content (AvgIpc) is 1.81. The molecular weight excluding hydrogens is 136 g/mol. The van der Waals surface area contributed by atoms with Gasteiger partial charge in [-0.3, -0.25) is 9.59 Å². The van der Waals surface area contributed by atoms with Gasteiger partial charge in [0.05, 0.1) is 0 Å². The molecule has 58 valence electrons. The summed E-state index contributed by atoms with van der Waals surface area (Å²) < 4.78 is 0. The lowest BCUT2D eigenvalue weighted by Crippen LogP contribution is -2.22. The van der Waals surface area contributed by atoms with E-state index in [0.717, 1.165) is 0 Å². The van der Waals surface area contributed by atoms with E-state index in [9.17, 15) is 9.59 Å². The fourth-order valence-corrected chi connectivity index (χ4v) is 0.630. The number of hydrogen-bond acceptors (Lipinski definition) is 3. The first kappa shape index (κ1) is 9.10. The van der Waals surface area contributed by atoms with Crippen LogP contribution in [0.3, 0.4) is 0 Å². The number of aliphatic carboxylic acids is 1. The van der Waals surface area contributed by atoms with Crippen molar-refractivity contribution in [2.45, 2.75) is 13.3 Å². The van der Waals surface area contributed by atoms with Crippen molar-refractivity contribution >= 4 is 11.8 Å². The third kappa shape index (κ3) is 2.59. The van der Waals surface area contributed by atoms with Crippen molar-refractivity contribution in [3.8, 4) is 0 Å². The Balaban J connectivity index is 3.98. The minimum absolute atomic E-state index is 0.00463. The van der Waals surface area contributed by atoms with Crippen LogP contribution in [-0.4, -0.2) is 28.6 Å². The zero-order valence-corrected chi connectivity index (χ0v) is 5.70. The first-order chi connectivity index (χ1) is 4.59. The smallest absolute Gasteiger partial charge is 0.314 e. The van der Waals surface area contributed by atoms with Gasteiger partial charge in [0, 0.05) is 6.61 Å². The van der Waals surface area contributed by atoms with Crippen molar-refractivity contribution in [2.75, 3.05) is 6.61 Å². The Morgan fingerprint density at radius 2 is 2.00 bits per heavy atom. The Morgan fingerprint density at radius 3 is 2.10 bits per heavy atom. The van der Waals surface area contributed by atoms with Gasteiger partial charge in [0.2, 0.25) is 0 Å². The first-order valence-corrected chi connectivity index (χ1v) is 2.93. The van der Waals surface area contributed by atoms with Gasteiger partial charge in [-0.1, -0.05) is 0 Å². The second-order valence-electron chi connectivity index (χ2n) is 2.01. The van der Waals surface area contributed by atoms with Crippen molar-refractivity contribution in [2.24, 2.45) is 5.92 Å². The number of carboxylic acid groups (broad SMARTS) is 1. The van der Waals surface area contributed by atoms with Gasteiger partial charge in [0.15, 0.2) is 0 Å². The van der Waals surface area contributed by atoms with E-state index in [4.69, 9.17) is 10.2 Å². The van der Waals surface area contributed by atoms with E-state index in [0.29, 0.717) is 0 Å². The molecule has 0 aromatic carbocycles. The van der Waals surface area contributed by atoms with E-state index in [1.165, 1.54) is 6.92 Å². The first-order valence-electron chi connectivity index (χ1n) is 2.93. The minimum Gasteiger partial charge on any atom is -0.481 e. The molecule has 0 heterocycles. The number of hydrogen-bond donors (Lipinski definition) is 2. The van der Waals surface area contributed by atoms with Crippen LogP contribution >= 0.6 is 0 Å². The van der Waals surface area contributed by atoms with E-state index in [-0.39, 0.29) is 13.0 Å². The summed E-state index contributed by atoms with van der Waals surface area (Å²) >= 11 is 0. The summed E-state index contributed by atoms with van der Waals surface area (Å²) in [4.78, 5) is 20.7. The number of ketones is 1. The Hall–Kier alpha value is -0.900. The fourth-order valence-electron chi connectivity index (χ4n) is 0.630. The van der Waals surface area contributed by atoms with Crippen LogP contribution in [-0.2, 0) is 9.59 Å². The molecule has 0 spiro atoms. The quantitative estimate of drug-likeness (QED) is 0.532. The monoisotopic (exact) mass is 146 g/mol. The number of carboxylic acids is 1. The van der Waals surface area contributed by atoms with Crippen molar-refractivity contribution < 1.29 is 19.8 Å². The average molecular weight is 146 g/mol. The summed E-state index contributed by atoms with van der Waals surface area (Å²) in [6.45, 7) is 0.936. The number of aliphatic hydroxyl groups excluding tert-OH is 1. The molecule has 0 aliphatic heterocycles. The predicted molar refractivity (Wildman–Crippen MR) is 33.5 cm³/mol. The lowest BCUT2D eigenvalue weighted by Gasteiger charge is -2.04. The SMILES string of the molecule is CC(=O)C(CCO)C(=O)O. The second-order valence-corrected chi connectivity index (χ2v) is 2.01. The molecule has 0 fully saturated rings. The van der Waals surface area contributed by atoms with Crippen LogP contribution in [0.1, 0.15) is 13.3 Å². The highest BCUT2D eigenvalue weighted by molar-refractivity contribution is 5.96. The molecular formula is C6H10O4. The van der Waals surface area contributed by atoms with Crippen molar-refractivity contribution in [3.05, 3.63) is 0 Å². The summed E-state index contributed by atoms with van der Waals surface area (Å²) in [5.41, 5.74) is 0. The maximum absolute atomic E-state index is 10.5. The highest BCUT2D eigenvalue weighted by Gasteiger charge is 2.20. The summed E-state index contributed by atoms with van der Waals surface area (Å²) in [6, 6.07) is 0. The summed E-state index contributed by atoms with van der Waals surface area (Å²) in [6.07, 6.45) is 0.00463. The van der Waals surface area contributed by atoms with E-state index in [1.807, 2.05) is 0 Å². The van der Waals surface area contributed by atoms with E-state index < -0.39 is 17.7 Å². The lowest BCUT2D eigenvalue weighted by atomic mass is 10.0. The molecule has 4 heteroatoms. The second kappa shape index (κ2) is 4.00. The van der Waals surface area contributed by atoms with Crippen molar-refractivity contribution in [1.29, 1.82) is 0 Å². The summed E-state index contributed by atoms with van der Waals surface area (Å²) in [5.74, 6) is -2.62. The molecule has 0 aromatic heterocycles. The van der Waals surface area contributed by atoms with Crippen LogP contribution < -0.4 is 0 Å². The number of rotatable bonds is 4. The maximum atomic E-state index is 10.5. The Bertz CT molecular complexity index is 127. The summed E-state index contributed by atoms with van der Waals surface area (Å²) in [7, 11) is 0. The molecule has 0 aliphatic carbocycles. The number of aliphatic hydroxyl groups is 1. The van der Waals surface area contributed by atoms with Gasteiger partial charge in [-0.25, -0.2) is 0 Å². The fraction of sp³-hybridized carbons (Fsp3) is 0.667. The Kier molecular flexibility index (Phi) is 3.64. The van der Waals surface area contributed by atoms with Gasteiger partial charge >= 0.3 is 5.97 Å². The molecule has 4 nitrogen and oxygen atoms in total. The van der Waals surface area contributed by atoms with Gasteiger partial charge in [0.25, 0.3) is 0 Å². The van der Waals surface area contributed by atoms with Gasteiger partial charge < -0.3 is 10.2 Å². The largest absolute Gasteiger partial charge is 0.481 e. The molecule has 0 saturated heterocycles. The zero-order valence-electron chi connectivity index (χ0n) is 5.70. The molecule has 0 aliphatic rings. The van der Waals surface area contributed by atoms with Gasteiger partial charge in [-0.2, -0.15) is 0 Å². The van der Waals surface area contributed by atoms with E-state index >= 15 is 0 Å². The van der Waals surface area contributed by atoms with Crippen LogP contribution in [0.2, 0.25) is 0 Å². The van der Waals surface area contributed by atoms with Gasteiger partial charge in [-0.15, -0.1) is 0 Å². The van der Waals surface area contributed by atoms with E-state index in [2.05, 4.69) is 0 Å². The molecule has 0 saturated carbocycles. The third-order valence-corrected chi connectivity index (χ3v) is 1.21. The van der Waals surface area contributed by atoms with Gasteiger partial charge in [0.1, 0.15) is 11.7 Å². The number of carbonyl (C=O) groups is 2. The van der Waals surface area contributed by atoms with Crippen LogP contribution in [0.25, 0.3) is 0 Å². The topological polar surface area (TPSA) is 74.6 Å². The molecule has 0 aromatic rings. The highest BCUT2D eigenvalue weighted by Crippen LogP contribution is 2.03.